The van der Waals surface area contributed by atoms with Crippen molar-refractivity contribution in [2.75, 3.05) is 18.0 Å². The molecule has 1 aliphatic heterocycles. The molecule has 0 aliphatic carbocycles. The number of anilines is 1. The van der Waals surface area contributed by atoms with Crippen molar-refractivity contribution in [3.63, 3.8) is 0 Å². The molecule has 0 aromatic heterocycles. The lowest BCUT2D eigenvalue weighted by Gasteiger charge is -2.24. The van der Waals surface area contributed by atoms with E-state index < -0.39 is 5.60 Å². The van der Waals surface area contributed by atoms with Gasteiger partial charge < -0.3 is 15.1 Å². The smallest absolute Gasteiger partial charge is 0.0787 e. The quantitative estimate of drug-likeness (QED) is 0.881. The fourth-order valence-corrected chi connectivity index (χ4v) is 2.66. The van der Waals surface area contributed by atoms with E-state index in [-0.39, 0.29) is 6.10 Å². The Balaban J connectivity index is 2.05. The first-order chi connectivity index (χ1) is 9.02. The largest absolute Gasteiger partial charge is 0.390 e. The standard InChI is InChI=1S/C16H25NO2/c1-3-15(18)13-5-7-14(8-6-13)17-11-4-9-16(2,19)10-12-17/h5-8,15,18-19H,3-4,9-12H2,1-2H3/t15-,16?/m1/s1. The molecule has 2 rings (SSSR count). The van der Waals surface area contributed by atoms with Crippen LogP contribution in [-0.4, -0.2) is 28.9 Å². The molecule has 1 saturated heterocycles. The molecule has 0 spiro atoms. The highest BCUT2D eigenvalue weighted by Gasteiger charge is 2.24. The van der Waals surface area contributed by atoms with E-state index in [9.17, 15) is 10.2 Å². The second kappa shape index (κ2) is 5.93. The molecule has 2 N–H and O–H groups in total. The van der Waals surface area contributed by atoms with Crippen LogP contribution in [0.5, 0.6) is 0 Å². The predicted octanol–water partition coefficient (Wildman–Crippen LogP) is 2.87. The number of aliphatic hydroxyl groups excluding tert-OH is 1. The zero-order valence-corrected chi connectivity index (χ0v) is 12.0. The van der Waals surface area contributed by atoms with Gasteiger partial charge in [0.2, 0.25) is 0 Å². The average molecular weight is 263 g/mol. The number of benzene rings is 1. The third-order valence-corrected chi connectivity index (χ3v) is 4.09. The van der Waals surface area contributed by atoms with Crippen LogP contribution in [-0.2, 0) is 0 Å². The summed E-state index contributed by atoms with van der Waals surface area (Å²) >= 11 is 0. The Bertz CT molecular complexity index is 400. The van der Waals surface area contributed by atoms with Gasteiger partial charge in [-0.2, -0.15) is 0 Å². The van der Waals surface area contributed by atoms with E-state index in [0.29, 0.717) is 0 Å². The summed E-state index contributed by atoms with van der Waals surface area (Å²) in [5, 5.41) is 19.9. The van der Waals surface area contributed by atoms with Crippen molar-refractivity contribution in [1.82, 2.24) is 0 Å². The van der Waals surface area contributed by atoms with Gasteiger partial charge in [0.1, 0.15) is 0 Å². The molecule has 0 bridgehead atoms. The van der Waals surface area contributed by atoms with Crippen molar-refractivity contribution < 1.29 is 10.2 Å². The number of aliphatic hydroxyl groups is 2. The Kier molecular flexibility index (Phi) is 4.48. The van der Waals surface area contributed by atoms with Crippen molar-refractivity contribution in [2.24, 2.45) is 0 Å². The molecule has 3 heteroatoms. The summed E-state index contributed by atoms with van der Waals surface area (Å²) in [6.07, 6.45) is 3.08. The van der Waals surface area contributed by atoms with Gasteiger partial charge >= 0.3 is 0 Å². The van der Waals surface area contributed by atoms with E-state index in [4.69, 9.17) is 0 Å². The van der Waals surface area contributed by atoms with Gasteiger partial charge in [-0.3, -0.25) is 0 Å². The number of rotatable bonds is 3. The van der Waals surface area contributed by atoms with Gasteiger partial charge in [0.25, 0.3) is 0 Å². The molecule has 19 heavy (non-hydrogen) atoms. The lowest BCUT2D eigenvalue weighted by atomic mass is 9.98. The molecule has 0 radical (unpaired) electrons. The first-order valence-corrected chi connectivity index (χ1v) is 7.27. The Hall–Kier alpha value is -1.06. The highest BCUT2D eigenvalue weighted by molar-refractivity contribution is 5.48. The molecule has 2 atom stereocenters. The number of hydrogen-bond donors (Lipinski definition) is 2. The minimum absolute atomic E-state index is 0.362. The summed E-state index contributed by atoms with van der Waals surface area (Å²) in [5.74, 6) is 0. The van der Waals surface area contributed by atoms with E-state index in [0.717, 1.165) is 44.3 Å². The highest BCUT2D eigenvalue weighted by atomic mass is 16.3. The Morgan fingerprint density at radius 3 is 2.53 bits per heavy atom. The van der Waals surface area contributed by atoms with E-state index >= 15 is 0 Å². The zero-order chi connectivity index (χ0) is 13.9. The number of hydrogen-bond acceptors (Lipinski definition) is 3. The van der Waals surface area contributed by atoms with Gasteiger partial charge in [-0.05, 0) is 50.3 Å². The van der Waals surface area contributed by atoms with Crippen LogP contribution in [0.1, 0.15) is 51.2 Å². The molecular weight excluding hydrogens is 238 g/mol. The van der Waals surface area contributed by atoms with E-state index in [1.54, 1.807) is 0 Å². The second-order valence-electron chi connectivity index (χ2n) is 5.85. The minimum Gasteiger partial charge on any atom is -0.390 e. The van der Waals surface area contributed by atoms with Crippen LogP contribution in [0.2, 0.25) is 0 Å². The topological polar surface area (TPSA) is 43.7 Å². The van der Waals surface area contributed by atoms with Gasteiger partial charge in [-0.15, -0.1) is 0 Å². The van der Waals surface area contributed by atoms with Gasteiger partial charge in [0.05, 0.1) is 11.7 Å². The van der Waals surface area contributed by atoms with Crippen molar-refractivity contribution in [1.29, 1.82) is 0 Å². The third kappa shape index (κ3) is 3.71. The lowest BCUT2D eigenvalue weighted by Crippen LogP contribution is -2.28. The lowest BCUT2D eigenvalue weighted by molar-refractivity contribution is 0.0481. The average Bonchev–Trinajstić information content (AvgIpc) is 2.59. The molecule has 1 unspecified atom stereocenters. The van der Waals surface area contributed by atoms with Crippen LogP contribution in [0.15, 0.2) is 24.3 Å². The minimum atomic E-state index is -0.521. The normalized spacial score (nSPS) is 26.0. The Morgan fingerprint density at radius 2 is 1.89 bits per heavy atom. The fraction of sp³-hybridized carbons (Fsp3) is 0.625. The summed E-state index contributed by atoms with van der Waals surface area (Å²) in [6.45, 7) is 5.79. The summed E-state index contributed by atoms with van der Waals surface area (Å²) in [7, 11) is 0. The maximum absolute atomic E-state index is 10.1. The van der Waals surface area contributed by atoms with Crippen LogP contribution < -0.4 is 4.90 Å². The summed E-state index contributed by atoms with van der Waals surface area (Å²) in [6, 6.07) is 8.17. The van der Waals surface area contributed by atoms with E-state index in [1.165, 1.54) is 5.69 Å². The molecule has 106 valence electrons. The summed E-state index contributed by atoms with van der Waals surface area (Å²) in [5.41, 5.74) is 1.64. The predicted molar refractivity (Wildman–Crippen MR) is 78.4 cm³/mol. The van der Waals surface area contributed by atoms with Crippen LogP contribution in [0, 0.1) is 0 Å². The van der Waals surface area contributed by atoms with Crippen LogP contribution >= 0.6 is 0 Å². The summed E-state index contributed by atoms with van der Waals surface area (Å²) < 4.78 is 0. The van der Waals surface area contributed by atoms with E-state index in [2.05, 4.69) is 17.0 Å². The Labute approximate surface area is 115 Å². The van der Waals surface area contributed by atoms with E-state index in [1.807, 2.05) is 26.0 Å². The maximum atomic E-state index is 10.1. The molecule has 1 aliphatic rings. The molecular formula is C16H25NO2. The Morgan fingerprint density at radius 1 is 1.21 bits per heavy atom. The molecule has 1 fully saturated rings. The van der Waals surface area contributed by atoms with Crippen molar-refractivity contribution in [3.05, 3.63) is 29.8 Å². The molecule has 1 aromatic rings. The van der Waals surface area contributed by atoms with Crippen molar-refractivity contribution in [3.8, 4) is 0 Å². The first kappa shape index (κ1) is 14.4. The molecule has 0 amide bonds. The first-order valence-electron chi connectivity index (χ1n) is 7.27. The van der Waals surface area contributed by atoms with Crippen molar-refractivity contribution >= 4 is 5.69 Å². The SMILES string of the molecule is CC[C@@H](O)c1ccc(N2CCCC(C)(O)CC2)cc1. The molecule has 1 aromatic carbocycles. The maximum Gasteiger partial charge on any atom is 0.0787 e. The van der Waals surface area contributed by atoms with Gasteiger partial charge in [0, 0.05) is 18.8 Å². The highest BCUT2D eigenvalue weighted by Crippen LogP contribution is 2.26. The number of nitrogens with zero attached hydrogens (tertiary/aromatic N) is 1. The van der Waals surface area contributed by atoms with Crippen molar-refractivity contribution in [2.45, 2.75) is 51.2 Å². The third-order valence-electron chi connectivity index (χ3n) is 4.09. The van der Waals surface area contributed by atoms with Gasteiger partial charge in [0.15, 0.2) is 0 Å². The molecule has 0 saturated carbocycles. The summed E-state index contributed by atoms with van der Waals surface area (Å²) in [4.78, 5) is 2.32. The van der Waals surface area contributed by atoms with Crippen LogP contribution in [0.25, 0.3) is 0 Å². The fourth-order valence-electron chi connectivity index (χ4n) is 2.66. The molecule has 1 heterocycles. The van der Waals surface area contributed by atoms with Crippen LogP contribution in [0.3, 0.4) is 0 Å². The molecule has 3 nitrogen and oxygen atoms in total. The van der Waals surface area contributed by atoms with Gasteiger partial charge in [-0.25, -0.2) is 0 Å². The second-order valence-corrected chi connectivity index (χ2v) is 5.85. The van der Waals surface area contributed by atoms with Gasteiger partial charge in [-0.1, -0.05) is 19.1 Å². The monoisotopic (exact) mass is 263 g/mol. The van der Waals surface area contributed by atoms with Crippen LogP contribution in [0.4, 0.5) is 5.69 Å². The zero-order valence-electron chi connectivity index (χ0n) is 12.0.